The van der Waals surface area contributed by atoms with E-state index in [1.54, 1.807) is 12.1 Å². The highest BCUT2D eigenvalue weighted by Crippen LogP contribution is 2.33. The quantitative estimate of drug-likeness (QED) is 0.421. The smallest absolute Gasteiger partial charge is 0.277 e. The molecular formula is C18H12N2O2. The Morgan fingerprint density at radius 2 is 1.73 bits per heavy atom. The number of benzene rings is 3. The van der Waals surface area contributed by atoms with E-state index in [-0.39, 0.29) is 10.6 Å². The van der Waals surface area contributed by atoms with Crippen molar-refractivity contribution in [3.05, 3.63) is 77.0 Å². The second-order valence-electron chi connectivity index (χ2n) is 5.21. The molecule has 0 saturated heterocycles. The van der Waals surface area contributed by atoms with Crippen LogP contribution < -0.4 is 0 Å². The van der Waals surface area contributed by atoms with Crippen molar-refractivity contribution >= 4 is 27.4 Å². The van der Waals surface area contributed by atoms with Crippen LogP contribution in [0.25, 0.3) is 32.8 Å². The number of aromatic nitrogens is 1. The van der Waals surface area contributed by atoms with Crippen LogP contribution in [0.4, 0.5) is 5.69 Å². The van der Waals surface area contributed by atoms with Gasteiger partial charge in [0.1, 0.15) is 0 Å². The molecule has 1 aromatic heterocycles. The molecule has 0 atom stereocenters. The molecule has 1 heterocycles. The molecule has 4 nitrogen and oxygen atoms in total. The third kappa shape index (κ3) is 1.85. The van der Waals surface area contributed by atoms with Crippen molar-refractivity contribution in [1.29, 1.82) is 0 Å². The van der Waals surface area contributed by atoms with Crippen LogP contribution in [0.2, 0.25) is 0 Å². The van der Waals surface area contributed by atoms with Crippen molar-refractivity contribution in [3.63, 3.8) is 0 Å². The van der Waals surface area contributed by atoms with E-state index in [2.05, 4.69) is 11.1 Å². The number of hydrogen-bond acceptors (Lipinski definition) is 2. The van der Waals surface area contributed by atoms with E-state index in [1.807, 2.05) is 42.6 Å². The molecule has 4 heteroatoms. The highest BCUT2D eigenvalue weighted by molar-refractivity contribution is 6.08. The summed E-state index contributed by atoms with van der Waals surface area (Å²) in [4.78, 5) is 14.1. The topological polar surface area (TPSA) is 58.9 Å². The zero-order chi connectivity index (χ0) is 15.1. The molecule has 0 aliphatic rings. The summed E-state index contributed by atoms with van der Waals surface area (Å²) in [6, 6.07) is 18.9. The van der Waals surface area contributed by atoms with Gasteiger partial charge in [-0.25, -0.2) is 0 Å². The largest absolute Gasteiger partial charge is 0.361 e. The average molecular weight is 288 g/mol. The Morgan fingerprint density at radius 1 is 0.909 bits per heavy atom. The lowest BCUT2D eigenvalue weighted by molar-refractivity contribution is -0.384. The maximum atomic E-state index is 11.2. The highest BCUT2D eigenvalue weighted by atomic mass is 16.6. The van der Waals surface area contributed by atoms with Crippen LogP contribution in [0.15, 0.2) is 66.9 Å². The third-order valence-electron chi connectivity index (χ3n) is 3.96. The van der Waals surface area contributed by atoms with Crippen molar-refractivity contribution in [3.8, 4) is 11.1 Å². The molecule has 1 N–H and O–H groups in total. The first-order valence-electron chi connectivity index (χ1n) is 6.98. The monoisotopic (exact) mass is 288 g/mol. The van der Waals surface area contributed by atoms with Gasteiger partial charge in [0.25, 0.3) is 5.69 Å². The normalized spacial score (nSPS) is 11.1. The number of nitro benzene ring substituents is 1. The molecule has 0 amide bonds. The fourth-order valence-electron chi connectivity index (χ4n) is 2.91. The lowest BCUT2D eigenvalue weighted by Gasteiger charge is -2.06. The SMILES string of the molecule is O=[N+]([O-])c1ccccc1-c1ccc2ccc3[nH]ccc3c2c1. The van der Waals surface area contributed by atoms with E-state index in [0.717, 1.165) is 27.2 Å². The summed E-state index contributed by atoms with van der Waals surface area (Å²) in [5.41, 5.74) is 2.69. The van der Waals surface area contributed by atoms with Gasteiger partial charge in [-0.05, 0) is 40.6 Å². The summed E-state index contributed by atoms with van der Waals surface area (Å²) >= 11 is 0. The molecule has 0 aliphatic carbocycles. The Morgan fingerprint density at radius 3 is 2.59 bits per heavy atom. The van der Waals surface area contributed by atoms with Crippen molar-refractivity contribution < 1.29 is 4.92 Å². The van der Waals surface area contributed by atoms with Crippen LogP contribution in [0.3, 0.4) is 0 Å². The van der Waals surface area contributed by atoms with Crippen LogP contribution >= 0.6 is 0 Å². The number of para-hydroxylation sites is 1. The minimum absolute atomic E-state index is 0.128. The van der Waals surface area contributed by atoms with E-state index in [9.17, 15) is 10.1 Å². The average Bonchev–Trinajstić information content (AvgIpc) is 3.03. The predicted octanol–water partition coefficient (Wildman–Crippen LogP) is 4.90. The maximum absolute atomic E-state index is 11.2. The van der Waals surface area contributed by atoms with Gasteiger partial charge in [0.05, 0.1) is 10.5 Å². The molecule has 22 heavy (non-hydrogen) atoms. The first-order chi connectivity index (χ1) is 10.7. The van der Waals surface area contributed by atoms with Gasteiger partial charge in [0.2, 0.25) is 0 Å². The van der Waals surface area contributed by atoms with E-state index in [4.69, 9.17) is 0 Å². The van der Waals surface area contributed by atoms with Crippen LogP contribution in [-0.4, -0.2) is 9.91 Å². The summed E-state index contributed by atoms with van der Waals surface area (Å²) in [6.07, 6.45) is 1.90. The molecule has 0 unspecified atom stereocenters. The lowest BCUT2D eigenvalue weighted by atomic mass is 9.98. The van der Waals surface area contributed by atoms with Gasteiger partial charge < -0.3 is 4.98 Å². The molecule has 0 radical (unpaired) electrons. The van der Waals surface area contributed by atoms with Gasteiger partial charge in [-0.2, -0.15) is 0 Å². The number of rotatable bonds is 2. The van der Waals surface area contributed by atoms with Crippen LogP contribution in [0, 0.1) is 10.1 Å². The first-order valence-corrected chi connectivity index (χ1v) is 6.98. The van der Waals surface area contributed by atoms with E-state index in [1.165, 1.54) is 6.07 Å². The number of fused-ring (bicyclic) bond motifs is 3. The van der Waals surface area contributed by atoms with Gasteiger partial charge in [-0.15, -0.1) is 0 Å². The fraction of sp³-hybridized carbons (Fsp3) is 0. The van der Waals surface area contributed by atoms with Gasteiger partial charge in [0.15, 0.2) is 0 Å². The Kier molecular flexibility index (Phi) is 2.69. The van der Waals surface area contributed by atoms with Gasteiger partial charge in [0, 0.05) is 23.2 Å². The second kappa shape index (κ2) is 4.70. The number of aromatic amines is 1. The number of nitrogens with zero attached hydrogens (tertiary/aromatic N) is 1. The summed E-state index contributed by atoms with van der Waals surface area (Å²) < 4.78 is 0. The zero-order valence-corrected chi connectivity index (χ0v) is 11.6. The molecular weight excluding hydrogens is 276 g/mol. The molecule has 3 aromatic carbocycles. The number of nitrogens with one attached hydrogen (secondary N) is 1. The summed E-state index contributed by atoms with van der Waals surface area (Å²) in [5, 5.41) is 14.6. The van der Waals surface area contributed by atoms with Crippen LogP contribution in [0.5, 0.6) is 0 Å². The summed E-state index contributed by atoms with van der Waals surface area (Å²) in [6.45, 7) is 0. The maximum Gasteiger partial charge on any atom is 0.277 e. The Balaban J connectivity index is 2.02. The van der Waals surface area contributed by atoms with Crippen molar-refractivity contribution in [2.75, 3.05) is 0 Å². The van der Waals surface area contributed by atoms with E-state index in [0.29, 0.717) is 5.56 Å². The minimum Gasteiger partial charge on any atom is -0.361 e. The van der Waals surface area contributed by atoms with E-state index >= 15 is 0 Å². The Labute approximate surface area is 126 Å². The Bertz CT molecular complexity index is 1020. The van der Waals surface area contributed by atoms with Gasteiger partial charge in [-0.3, -0.25) is 10.1 Å². The van der Waals surface area contributed by atoms with E-state index < -0.39 is 0 Å². The second-order valence-corrected chi connectivity index (χ2v) is 5.21. The summed E-state index contributed by atoms with van der Waals surface area (Å²) in [7, 11) is 0. The van der Waals surface area contributed by atoms with Crippen LogP contribution in [-0.2, 0) is 0 Å². The third-order valence-corrected chi connectivity index (χ3v) is 3.96. The standard InChI is InChI=1S/C18H12N2O2/c21-20(22)18-4-2-1-3-14(18)13-6-5-12-7-8-17-15(9-10-19-17)16(12)11-13/h1-11,19H. The molecule has 0 aliphatic heterocycles. The first kappa shape index (κ1) is 12.6. The number of hydrogen-bond donors (Lipinski definition) is 1. The molecule has 0 saturated carbocycles. The summed E-state index contributed by atoms with van der Waals surface area (Å²) in [5.74, 6) is 0. The highest BCUT2D eigenvalue weighted by Gasteiger charge is 2.14. The van der Waals surface area contributed by atoms with Gasteiger partial charge >= 0.3 is 0 Å². The molecule has 0 bridgehead atoms. The minimum atomic E-state index is -0.337. The molecule has 106 valence electrons. The van der Waals surface area contributed by atoms with Crippen molar-refractivity contribution in [2.24, 2.45) is 0 Å². The Hall–Kier alpha value is -3.14. The van der Waals surface area contributed by atoms with Gasteiger partial charge in [-0.1, -0.05) is 30.3 Å². The molecule has 0 spiro atoms. The van der Waals surface area contributed by atoms with Crippen molar-refractivity contribution in [1.82, 2.24) is 4.98 Å². The lowest BCUT2D eigenvalue weighted by Crippen LogP contribution is -1.91. The fourth-order valence-corrected chi connectivity index (χ4v) is 2.91. The van der Waals surface area contributed by atoms with Crippen molar-refractivity contribution in [2.45, 2.75) is 0 Å². The molecule has 0 fully saturated rings. The number of H-pyrrole nitrogens is 1. The number of nitro groups is 1. The predicted molar refractivity (Wildman–Crippen MR) is 87.9 cm³/mol. The van der Waals surface area contributed by atoms with Crippen LogP contribution in [0.1, 0.15) is 0 Å². The zero-order valence-electron chi connectivity index (χ0n) is 11.6. The molecule has 4 aromatic rings. The molecule has 4 rings (SSSR count).